The standard InChI is InChI=1S/C14H14N6S.ClH/c1-9-2-4-10(5-3-9)12-11(8-17-19-13(15)16)20-6-7-21-14(20)18-12;/h2-8H,1H3,(H4,15,16,19);1H/b17-8+;. The van der Waals surface area contributed by atoms with Crippen LogP contribution >= 0.6 is 23.7 Å². The Hall–Kier alpha value is -2.38. The van der Waals surface area contributed by atoms with Crippen LogP contribution in [-0.4, -0.2) is 21.6 Å². The van der Waals surface area contributed by atoms with E-state index in [1.165, 1.54) is 5.56 Å². The summed E-state index contributed by atoms with van der Waals surface area (Å²) >= 11 is 1.56. The van der Waals surface area contributed by atoms with Crippen molar-refractivity contribution < 1.29 is 0 Å². The van der Waals surface area contributed by atoms with Gasteiger partial charge in [0.25, 0.3) is 0 Å². The highest BCUT2D eigenvalue weighted by Crippen LogP contribution is 2.25. The van der Waals surface area contributed by atoms with Crippen molar-refractivity contribution in [3.63, 3.8) is 0 Å². The largest absolute Gasteiger partial charge is 0.369 e. The third-order valence-electron chi connectivity index (χ3n) is 2.98. The Morgan fingerprint density at radius 2 is 2.00 bits per heavy atom. The van der Waals surface area contributed by atoms with Crippen LogP contribution in [0.1, 0.15) is 11.3 Å². The van der Waals surface area contributed by atoms with Gasteiger partial charge in [-0.3, -0.25) is 4.40 Å². The average molecular weight is 335 g/mol. The van der Waals surface area contributed by atoms with Gasteiger partial charge in [-0.2, -0.15) is 5.10 Å². The van der Waals surface area contributed by atoms with Crippen LogP contribution in [0.4, 0.5) is 0 Å². The maximum Gasteiger partial charge on any atom is 0.211 e. The molecule has 2 aromatic heterocycles. The van der Waals surface area contributed by atoms with Gasteiger partial charge in [-0.1, -0.05) is 29.8 Å². The maximum absolute atomic E-state index is 5.28. The minimum Gasteiger partial charge on any atom is -0.369 e. The fourth-order valence-electron chi connectivity index (χ4n) is 2.00. The smallest absolute Gasteiger partial charge is 0.211 e. The molecule has 4 N–H and O–H groups in total. The van der Waals surface area contributed by atoms with Gasteiger partial charge in [0.05, 0.1) is 17.6 Å². The van der Waals surface area contributed by atoms with Crippen molar-refractivity contribution in [2.24, 2.45) is 21.7 Å². The number of aryl methyl sites for hydroxylation is 1. The Morgan fingerprint density at radius 1 is 1.27 bits per heavy atom. The van der Waals surface area contributed by atoms with E-state index in [0.29, 0.717) is 0 Å². The molecule has 0 saturated heterocycles. The molecule has 0 radical (unpaired) electrons. The van der Waals surface area contributed by atoms with Gasteiger partial charge in [0.1, 0.15) is 0 Å². The Morgan fingerprint density at radius 3 is 2.68 bits per heavy atom. The van der Waals surface area contributed by atoms with Gasteiger partial charge in [-0.05, 0) is 6.92 Å². The van der Waals surface area contributed by atoms with Gasteiger partial charge in [-0.25, -0.2) is 4.98 Å². The second-order valence-electron chi connectivity index (χ2n) is 4.54. The zero-order valence-corrected chi connectivity index (χ0v) is 13.4. The highest BCUT2D eigenvalue weighted by Gasteiger charge is 2.13. The lowest BCUT2D eigenvalue weighted by Gasteiger charge is -2.00. The van der Waals surface area contributed by atoms with Gasteiger partial charge >= 0.3 is 0 Å². The van der Waals surface area contributed by atoms with Crippen molar-refractivity contribution >= 4 is 40.9 Å². The number of nitrogens with zero attached hydrogens (tertiary/aromatic N) is 4. The summed E-state index contributed by atoms with van der Waals surface area (Å²) in [5, 5.41) is 9.52. The van der Waals surface area contributed by atoms with E-state index in [4.69, 9.17) is 11.5 Å². The molecule has 0 atom stereocenters. The predicted octanol–water partition coefficient (Wildman–Crippen LogP) is 2.40. The number of rotatable bonds is 3. The zero-order chi connectivity index (χ0) is 14.8. The Balaban J connectivity index is 0.00000176. The minimum atomic E-state index is -0.0748. The van der Waals surface area contributed by atoms with Crippen LogP contribution in [0.3, 0.4) is 0 Å². The molecule has 6 nitrogen and oxygen atoms in total. The van der Waals surface area contributed by atoms with E-state index in [9.17, 15) is 0 Å². The Bertz CT molecular complexity index is 827. The molecule has 0 aliphatic heterocycles. The van der Waals surface area contributed by atoms with Gasteiger partial charge in [0.2, 0.25) is 5.96 Å². The van der Waals surface area contributed by atoms with Gasteiger partial charge in [-0.15, -0.1) is 28.8 Å². The third-order valence-corrected chi connectivity index (χ3v) is 3.73. The monoisotopic (exact) mass is 334 g/mol. The lowest BCUT2D eigenvalue weighted by Crippen LogP contribution is -2.21. The minimum absolute atomic E-state index is 0. The molecule has 114 valence electrons. The summed E-state index contributed by atoms with van der Waals surface area (Å²) in [6.07, 6.45) is 3.56. The van der Waals surface area contributed by atoms with E-state index in [2.05, 4.69) is 34.2 Å². The van der Waals surface area contributed by atoms with Crippen molar-refractivity contribution in [3.8, 4) is 11.3 Å². The highest BCUT2D eigenvalue weighted by molar-refractivity contribution is 7.15. The second-order valence-corrected chi connectivity index (χ2v) is 5.41. The summed E-state index contributed by atoms with van der Waals surface area (Å²) < 4.78 is 1.96. The highest BCUT2D eigenvalue weighted by atomic mass is 35.5. The van der Waals surface area contributed by atoms with Crippen LogP contribution in [0.15, 0.2) is 46.0 Å². The zero-order valence-electron chi connectivity index (χ0n) is 11.8. The van der Waals surface area contributed by atoms with E-state index in [1.54, 1.807) is 17.6 Å². The first-order valence-corrected chi connectivity index (χ1v) is 7.17. The first kappa shape index (κ1) is 16.0. The summed E-state index contributed by atoms with van der Waals surface area (Å²) in [4.78, 5) is 5.55. The number of fused-ring (bicyclic) bond motifs is 1. The van der Waals surface area contributed by atoms with E-state index in [0.717, 1.165) is 21.9 Å². The average Bonchev–Trinajstić information content (AvgIpc) is 3.01. The number of hydrogen-bond donors (Lipinski definition) is 2. The number of imidazole rings is 1. The number of halogens is 1. The molecular weight excluding hydrogens is 320 g/mol. The number of benzene rings is 1. The van der Waals surface area contributed by atoms with Crippen molar-refractivity contribution in [3.05, 3.63) is 47.1 Å². The van der Waals surface area contributed by atoms with Crippen LogP contribution in [0.5, 0.6) is 0 Å². The molecule has 0 amide bonds. The van der Waals surface area contributed by atoms with Crippen LogP contribution < -0.4 is 11.5 Å². The summed E-state index contributed by atoms with van der Waals surface area (Å²) in [5.41, 5.74) is 14.5. The molecule has 0 bridgehead atoms. The van der Waals surface area contributed by atoms with Crippen LogP contribution in [0.2, 0.25) is 0 Å². The van der Waals surface area contributed by atoms with Crippen molar-refractivity contribution in [1.29, 1.82) is 0 Å². The van der Waals surface area contributed by atoms with Crippen LogP contribution in [-0.2, 0) is 0 Å². The van der Waals surface area contributed by atoms with Crippen LogP contribution in [0, 0.1) is 6.92 Å². The fourth-order valence-corrected chi connectivity index (χ4v) is 2.72. The number of aromatic nitrogens is 2. The summed E-state index contributed by atoms with van der Waals surface area (Å²) in [5.74, 6) is -0.0748. The maximum atomic E-state index is 5.28. The van der Waals surface area contributed by atoms with E-state index in [1.807, 2.05) is 28.1 Å². The number of hydrogen-bond acceptors (Lipinski definition) is 4. The van der Waals surface area contributed by atoms with Gasteiger partial charge < -0.3 is 11.5 Å². The molecule has 0 unspecified atom stereocenters. The quantitative estimate of drug-likeness (QED) is 0.437. The molecule has 0 spiro atoms. The second kappa shape index (κ2) is 6.59. The first-order valence-electron chi connectivity index (χ1n) is 6.29. The summed E-state index contributed by atoms with van der Waals surface area (Å²) in [6.45, 7) is 2.05. The molecule has 0 aliphatic carbocycles. The number of guanidine groups is 1. The lowest BCUT2D eigenvalue weighted by atomic mass is 10.1. The van der Waals surface area contributed by atoms with E-state index < -0.39 is 0 Å². The van der Waals surface area contributed by atoms with Crippen molar-refractivity contribution in [2.45, 2.75) is 6.92 Å². The Labute approximate surface area is 137 Å². The fraction of sp³-hybridized carbons (Fsp3) is 0.0714. The normalized spacial score (nSPS) is 10.8. The predicted molar refractivity (Wildman–Crippen MR) is 93.9 cm³/mol. The molecule has 8 heteroatoms. The summed E-state index contributed by atoms with van der Waals surface area (Å²) in [7, 11) is 0. The Kier molecular flexibility index (Phi) is 4.79. The van der Waals surface area contributed by atoms with Crippen LogP contribution in [0.25, 0.3) is 16.2 Å². The topological polar surface area (TPSA) is 94.1 Å². The number of thiazole rings is 1. The molecule has 0 fully saturated rings. The van der Waals surface area contributed by atoms with Crippen molar-refractivity contribution in [2.75, 3.05) is 0 Å². The summed E-state index contributed by atoms with van der Waals surface area (Å²) in [6, 6.07) is 8.19. The molecular formula is C14H15ClN6S. The lowest BCUT2D eigenvalue weighted by molar-refractivity contribution is 1.18. The SMILES string of the molecule is Cc1ccc(-c2nc3sccn3c2/C=N/N=C(N)N)cc1.Cl. The molecule has 3 rings (SSSR count). The molecule has 0 aliphatic rings. The third kappa shape index (κ3) is 3.10. The molecule has 1 aromatic carbocycles. The number of nitrogens with two attached hydrogens (primary N) is 2. The van der Waals surface area contributed by atoms with Gasteiger partial charge in [0, 0.05) is 17.1 Å². The van der Waals surface area contributed by atoms with E-state index >= 15 is 0 Å². The molecule has 3 aromatic rings. The molecule has 2 heterocycles. The first-order chi connectivity index (χ1) is 10.1. The van der Waals surface area contributed by atoms with Gasteiger partial charge in [0.15, 0.2) is 4.96 Å². The van der Waals surface area contributed by atoms with E-state index in [-0.39, 0.29) is 18.4 Å². The molecule has 0 saturated carbocycles. The van der Waals surface area contributed by atoms with Crippen molar-refractivity contribution in [1.82, 2.24) is 9.38 Å². The molecule has 22 heavy (non-hydrogen) atoms.